The van der Waals surface area contributed by atoms with Gasteiger partial charge in [-0.15, -0.1) is 5.10 Å². The van der Waals surface area contributed by atoms with Gasteiger partial charge in [-0.05, 0) is 49.1 Å². The van der Waals surface area contributed by atoms with Crippen LogP contribution in [0, 0.1) is 12.7 Å². The first-order valence-electron chi connectivity index (χ1n) is 5.91. The summed E-state index contributed by atoms with van der Waals surface area (Å²) in [5, 5.41) is 7.31. The molecule has 0 saturated heterocycles. The molecule has 1 aromatic heterocycles. The van der Waals surface area contributed by atoms with Crippen LogP contribution in [0.25, 0.3) is 0 Å². The largest absolute Gasteiger partial charge is 0.309 e. The molecule has 0 aliphatic heterocycles. The van der Waals surface area contributed by atoms with E-state index in [1.165, 1.54) is 11.5 Å². The van der Waals surface area contributed by atoms with Crippen molar-refractivity contribution in [3.05, 3.63) is 45.7 Å². The van der Waals surface area contributed by atoms with Gasteiger partial charge in [0.05, 0.1) is 16.6 Å². The number of nitrogens with one attached hydrogen (secondary N) is 1. The lowest BCUT2D eigenvalue weighted by atomic mass is 10.0. The minimum absolute atomic E-state index is 0.0463. The quantitative estimate of drug-likeness (QED) is 0.923. The van der Waals surface area contributed by atoms with E-state index >= 15 is 0 Å². The second-order valence-corrected chi connectivity index (χ2v) is 4.95. The summed E-state index contributed by atoms with van der Waals surface area (Å²) in [5.41, 5.74) is 2.54. The van der Waals surface area contributed by atoms with Gasteiger partial charge in [0, 0.05) is 0 Å². The maximum Gasteiger partial charge on any atom is 0.126 e. The molecule has 0 aliphatic carbocycles. The molecule has 0 radical (unpaired) electrons. The van der Waals surface area contributed by atoms with Gasteiger partial charge in [0.1, 0.15) is 5.82 Å². The standard InChI is InChI=1S/C13H16FN3S/c1-4-11-13(18-17-16-11)12(15-3)9-6-5-8(2)10(14)7-9/h5-7,12,15H,4H2,1-3H3. The van der Waals surface area contributed by atoms with Crippen LogP contribution in [0.1, 0.15) is 34.7 Å². The summed E-state index contributed by atoms with van der Waals surface area (Å²) in [4.78, 5) is 1.06. The smallest absolute Gasteiger partial charge is 0.126 e. The van der Waals surface area contributed by atoms with Crippen molar-refractivity contribution in [3.8, 4) is 0 Å². The predicted octanol–water partition coefficient (Wildman–Crippen LogP) is 2.86. The topological polar surface area (TPSA) is 37.8 Å². The lowest BCUT2D eigenvalue weighted by Gasteiger charge is -2.16. The molecule has 2 aromatic rings. The molecule has 18 heavy (non-hydrogen) atoms. The highest BCUT2D eigenvalue weighted by Gasteiger charge is 2.19. The van der Waals surface area contributed by atoms with Crippen molar-refractivity contribution in [1.29, 1.82) is 0 Å². The maximum absolute atomic E-state index is 13.6. The minimum atomic E-state index is -0.178. The zero-order chi connectivity index (χ0) is 13.1. The van der Waals surface area contributed by atoms with Crippen LogP contribution in [0.4, 0.5) is 4.39 Å². The fraction of sp³-hybridized carbons (Fsp3) is 0.385. The molecule has 0 saturated carbocycles. The number of hydrogen-bond donors (Lipinski definition) is 1. The first-order chi connectivity index (χ1) is 8.67. The Bertz CT molecular complexity index is 539. The fourth-order valence-corrected chi connectivity index (χ4v) is 2.79. The molecular weight excluding hydrogens is 249 g/mol. The van der Waals surface area contributed by atoms with E-state index in [2.05, 4.69) is 14.9 Å². The van der Waals surface area contributed by atoms with Gasteiger partial charge in [-0.1, -0.05) is 23.5 Å². The summed E-state index contributed by atoms with van der Waals surface area (Å²) in [6.45, 7) is 3.81. The number of halogens is 1. The first kappa shape index (κ1) is 13.1. The highest BCUT2D eigenvalue weighted by Crippen LogP contribution is 2.28. The molecule has 1 aromatic carbocycles. The second kappa shape index (κ2) is 5.54. The van der Waals surface area contributed by atoms with Crippen molar-refractivity contribution in [1.82, 2.24) is 14.9 Å². The molecule has 0 amide bonds. The summed E-state index contributed by atoms with van der Waals surface area (Å²) in [6, 6.07) is 5.28. The average molecular weight is 265 g/mol. The highest BCUT2D eigenvalue weighted by atomic mass is 32.1. The van der Waals surface area contributed by atoms with Gasteiger partial charge in [-0.3, -0.25) is 0 Å². The Morgan fingerprint density at radius 2 is 2.22 bits per heavy atom. The van der Waals surface area contributed by atoms with Gasteiger partial charge in [-0.25, -0.2) is 4.39 Å². The minimum Gasteiger partial charge on any atom is -0.309 e. The van der Waals surface area contributed by atoms with E-state index in [1.54, 1.807) is 19.1 Å². The van der Waals surface area contributed by atoms with Crippen molar-refractivity contribution in [3.63, 3.8) is 0 Å². The maximum atomic E-state index is 13.6. The lowest BCUT2D eigenvalue weighted by molar-refractivity contribution is 0.608. The van der Waals surface area contributed by atoms with E-state index in [4.69, 9.17) is 0 Å². The number of aromatic nitrogens is 2. The van der Waals surface area contributed by atoms with Crippen LogP contribution >= 0.6 is 11.5 Å². The summed E-state index contributed by atoms with van der Waals surface area (Å²) >= 11 is 1.37. The number of hydrogen-bond acceptors (Lipinski definition) is 4. The third-order valence-corrected chi connectivity index (χ3v) is 3.83. The third kappa shape index (κ3) is 2.42. The summed E-state index contributed by atoms with van der Waals surface area (Å²) in [5.74, 6) is -0.178. The van der Waals surface area contributed by atoms with E-state index in [0.717, 1.165) is 22.6 Å². The fourth-order valence-electron chi connectivity index (χ4n) is 1.92. The summed E-state index contributed by atoms with van der Waals surface area (Å²) in [6.07, 6.45) is 0.832. The van der Waals surface area contributed by atoms with Gasteiger partial charge in [0.25, 0.3) is 0 Å². The molecule has 0 bridgehead atoms. The van der Waals surface area contributed by atoms with Crippen LogP contribution < -0.4 is 5.32 Å². The second-order valence-electron chi connectivity index (χ2n) is 4.17. The van der Waals surface area contributed by atoms with Crippen LogP contribution in [-0.4, -0.2) is 16.6 Å². The van der Waals surface area contributed by atoms with E-state index in [0.29, 0.717) is 5.56 Å². The third-order valence-electron chi connectivity index (χ3n) is 3.00. The van der Waals surface area contributed by atoms with Crippen LogP contribution in [0.3, 0.4) is 0 Å². The van der Waals surface area contributed by atoms with Crippen LogP contribution in [0.5, 0.6) is 0 Å². The Labute approximate surface area is 110 Å². The van der Waals surface area contributed by atoms with E-state index < -0.39 is 0 Å². The zero-order valence-electron chi connectivity index (χ0n) is 10.7. The van der Waals surface area contributed by atoms with Crippen molar-refractivity contribution >= 4 is 11.5 Å². The molecule has 0 aliphatic rings. The lowest BCUT2D eigenvalue weighted by Crippen LogP contribution is -2.18. The van der Waals surface area contributed by atoms with Gasteiger partial charge >= 0.3 is 0 Å². The van der Waals surface area contributed by atoms with Gasteiger partial charge in [0.2, 0.25) is 0 Å². The van der Waals surface area contributed by atoms with E-state index in [1.807, 2.05) is 20.0 Å². The van der Waals surface area contributed by atoms with Crippen molar-refractivity contribution in [2.45, 2.75) is 26.3 Å². The molecule has 1 unspecified atom stereocenters. The Kier molecular flexibility index (Phi) is 4.04. The van der Waals surface area contributed by atoms with E-state index in [-0.39, 0.29) is 11.9 Å². The Balaban J connectivity index is 2.42. The molecule has 1 heterocycles. The molecule has 1 atom stereocenters. The molecule has 96 valence electrons. The van der Waals surface area contributed by atoms with Gasteiger partial charge in [-0.2, -0.15) is 0 Å². The monoisotopic (exact) mass is 265 g/mol. The highest BCUT2D eigenvalue weighted by molar-refractivity contribution is 7.05. The Hall–Kier alpha value is -1.33. The molecule has 0 fully saturated rings. The van der Waals surface area contributed by atoms with Crippen molar-refractivity contribution in [2.24, 2.45) is 0 Å². The Morgan fingerprint density at radius 1 is 1.44 bits per heavy atom. The normalized spacial score (nSPS) is 12.7. The van der Waals surface area contributed by atoms with Gasteiger partial charge < -0.3 is 5.32 Å². The molecule has 0 spiro atoms. The summed E-state index contributed by atoms with van der Waals surface area (Å²) in [7, 11) is 1.86. The van der Waals surface area contributed by atoms with Crippen LogP contribution in [0.2, 0.25) is 0 Å². The zero-order valence-corrected chi connectivity index (χ0v) is 11.5. The van der Waals surface area contributed by atoms with E-state index in [9.17, 15) is 4.39 Å². The average Bonchev–Trinajstić information content (AvgIpc) is 2.83. The predicted molar refractivity (Wildman–Crippen MR) is 71.3 cm³/mol. The number of rotatable bonds is 4. The van der Waals surface area contributed by atoms with Crippen molar-refractivity contribution in [2.75, 3.05) is 7.05 Å². The van der Waals surface area contributed by atoms with Crippen LogP contribution in [-0.2, 0) is 6.42 Å². The first-order valence-corrected chi connectivity index (χ1v) is 6.69. The van der Waals surface area contributed by atoms with Crippen molar-refractivity contribution < 1.29 is 4.39 Å². The Morgan fingerprint density at radius 3 is 2.83 bits per heavy atom. The van der Waals surface area contributed by atoms with Gasteiger partial charge in [0.15, 0.2) is 0 Å². The number of aryl methyl sites for hydroxylation is 2. The molecule has 1 N–H and O–H groups in total. The SMILES string of the molecule is CCc1nnsc1C(NC)c1ccc(C)c(F)c1. The number of nitrogens with zero attached hydrogens (tertiary/aromatic N) is 2. The molecule has 5 heteroatoms. The molecule has 3 nitrogen and oxygen atoms in total. The molecule has 2 rings (SSSR count). The summed E-state index contributed by atoms with van der Waals surface area (Å²) < 4.78 is 17.6. The van der Waals surface area contributed by atoms with Crippen LogP contribution in [0.15, 0.2) is 18.2 Å². The number of benzene rings is 1. The molecular formula is C13H16FN3S.